The molecule has 0 saturated carbocycles. The molecule has 25 heavy (non-hydrogen) atoms. The van der Waals surface area contributed by atoms with Crippen LogP contribution in [0.25, 0.3) is 0 Å². The number of likely N-dealkylation sites (tertiary alicyclic amines) is 1. The number of carbonyl (C=O) groups is 2. The zero-order valence-corrected chi connectivity index (χ0v) is 15.3. The van der Waals surface area contributed by atoms with Crippen LogP contribution in [-0.2, 0) is 9.59 Å². The Morgan fingerprint density at radius 3 is 2.60 bits per heavy atom. The molecule has 1 heterocycles. The highest BCUT2D eigenvalue weighted by molar-refractivity contribution is 5.79. The van der Waals surface area contributed by atoms with Crippen molar-refractivity contribution in [1.82, 2.24) is 10.2 Å². The topological polar surface area (TPSA) is 84.7 Å². The number of nitrogens with two attached hydrogens (primary N) is 1. The molecular weight excluding hydrogens is 318 g/mol. The van der Waals surface area contributed by atoms with Crippen LogP contribution in [0.1, 0.15) is 44.7 Å². The second-order valence-corrected chi connectivity index (χ2v) is 6.83. The quantitative estimate of drug-likeness (QED) is 0.822. The van der Waals surface area contributed by atoms with Gasteiger partial charge in [0.25, 0.3) is 0 Å². The Hall–Kier alpha value is -2.08. The van der Waals surface area contributed by atoms with E-state index in [9.17, 15) is 9.59 Å². The van der Waals surface area contributed by atoms with E-state index in [0.717, 1.165) is 30.7 Å². The molecule has 2 rings (SSSR count). The third kappa shape index (κ3) is 5.46. The van der Waals surface area contributed by atoms with Crippen molar-refractivity contribution < 1.29 is 14.3 Å². The van der Waals surface area contributed by atoms with Crippen LogP contribution in [0.4, 0.5) is 0 Å². The van der Waals surface area contributed by atoms with E-state index in [1.165, 1.54) is 6.92 Å². The molecule has 0 aliphatic carbocycles. The normalized spacial score (nSPS) is 19.8. The molecule has 1 aromatic carbocycles. The second kappa shape index (κ2) is 8.85. The summed E-state index contributed by atoms with van der Waals surface area (Å²) in [7, 11) is 1.61. The lowest BCUT2D eigenvalue weighted by atomic mass is 9.91. The molecule has 1 aliphatic rings. The van der Waals surface area contributed by atoms with Gasteiger partial charge in [0.2, 0.25) is 11.8 Å². The minimum atomic E-state index is -0.341. The Kier molecular flexibility index (Phi) is 6.82. The van der Waals surface area contributed by atoms with Gasteiger partial charge in [-0.25, -0.2) is 0 Å². The number of benzene rings is 1. The predicted octanol–water partition coefficient (Wildman–Crippen LogP) is 1.85. The van der Waals surface area contributed by atoms with Crippen molar-refractivity contribution in [3.63, 3.8) is 0 Å². The van der Waals surface area contributed by atoms with Crippen LogP contribution in [0.5, 0.6) is 5.75 Å². The maximum atomic E-state index is 12.8. The summed E-state index contributed by atoms with van der Waals surface area (Å²) >= 11 is 0. The molecule has 6 nitrogen and oxygen atoms in total. The van der Waals surface area contributed by atoms with Gasteiger partial charge in [-0.2, -0.15) is 0 Å². The molecule has 0 spiro atoms. The number of amides is 2. The first-order valence-electron chi connectivity index (χ1n) is 8.85. The van der Waals surface area contributed by atoms with Crippen molar-refractivity contribution in [3.8, 4) is 5.75 Å². The predicted molar refractivity (Wildman–Crippen MR) is 97.1 cm³/mol. The van der Waals surface area contributed by atoms with Gasteiger partial charge in [0.15, 0.2) is 0 Å². The van der Waals surface area contributed by atoms with Gasteiger partial charge in [-0.3, -0.25) is 9.59 Å². The standard InChI is InChI=1S/C19H29N3O3/c1-13(20)16-5-4-10-22(12-16)19(24)11-18(21-14(2)23)15-6-8-17(25-3)9-7-15/h6-9,13,16,18H,4-5,10-12,20H2,1-3H3,(H,21,23)/t13-,16+,18-/m0/s1. The maximum Gasteiger partial charge on any atom is 0.224 e. The molecular formula is C19H29N3O3. The largest absolute Gasteiger partial charge is 0.497 e. The van der Waals surface area contributed by atoms with Crippen molar-refractivity contribution in [2.24, 2.45) is 11.7 Å². The molecule has 3 N–H and O–H groups in total. The Morgan fingerprint density at radius 1 is 1.36 bits per heavy atom. The molecule has 1 saturated heterocycles. The summed E-state index contributed by atoms with van der Waals surface area (Å²) in [5.74, 6) is 0.992. The van der Waals surface area contributed by atoms with E-state index in [0.29, 0.717) is 12.5 Å². The fraction of sp³-hybridized carbons (Fsp3) is 0.579. The van der Waals surface area contributed by atoms with E-state index in [-0.39, 0.29) is 30.3 Å². The maximum absolute atomic E-state index is 12.8. The fourth-order valence-corrected chi connectivity index (χ4v) is 3.30. The molecule has 1 aromatic rings. The van der Waals surface area contributed by atoms with E-state index >= 15 is 0 Å². The van der Waals surface area contributed by atoms with Crippen molar-refractivity contribution in [2.75, 3.05) is 20.2 Å². The molecule has 0 aromatic heterocycles. The molecule has 1 fully saturated rings. The minimum absolute atomic E-state index is 0.0555. The Bertz CT molecular complexity index is 586. The lowest BCUT2D eigenvalue weighted by Crippen LogP contribution is -2.46. The third-order valence-corrected chi connectivity index (χ3v) is 4.83. The molecule has 0 bridgehead atoms. The average Bonchev–Trinajstić information content (AvgIpc) is 2.61. The van der Waals surface area contributed by atoms with E-state index in [1.807, 2.05) is 36.1 Å². The van der Waals surface area contributed by atoms with E-state index in [2.05, 4.69) is 5.32 Å². The van der Waals surface area contributed by atoms with Gasteiger partial charge in [0.1, 0.15) is 5.75 Å². The zero-order valence-electron chi connectivity index (χ0n) is 15.3. The highest BCUT2D eigenvalue weighted by Gasteiger charge is 2.27. The van der Waals surface area contributed by atoms with Gasteiger partial charge in [-0.15, -0.1) is 0 Å². The fourth-order valence-electron chi connectivity index (χ4n) is 3.30. The van der Waals surface area contributed by atoms with Gasteiger partial charge < -0.3 is 20.7 Å². The summed E-state index contributed by atoms with van der Waals surface area (Å²) in [6, 6.07) is 7.18. The number of ether oxygens (including phenoxy) is 1. The van der Waals surface area contributed by atoms with E-state index in [4.69, 9.17) is 10.5 Å². The molecule has 0 radical (unpaired) electrons. The first-order valence-corrected chi connectivity index (χ1v) is 8.85. The van der Waals surface area contributed by atoms with Crippen molar-refractivity contribution in [1.29, 1.82) is 0 Å². The van der Waals surface area contributed by atoms with Crippen molar-refractivity contribution in [3.05, 3.63) is 29.8 Å². The summed E-state index contributed by atoms with van der Waals surface area (Å²) in [6.07, 6.45) is 2.29. The van der Waals surface area contributed by atoms with Gasteiger partial charge >= 0.3 is 0 Å². The number of carbonyl (C=O) groups excluding carboxylic acids is 2. The summed E-state index contributed by atoms with van der Waals surface area (Å²) in [4.78, 5) is 26.2. The lowest BCUT2D eigenvalue weighted by Gasteiger charge is -2.35. The molecule has 0 unspecified atom stereocenters. The number of piperidine rings is 1. The van der Waals surface area contributed by atoms with Crippen LogP contribution >= 0.6 is 0 Å². The monoisotopic (exact) mass is 347 g/mol. The smallest absolute Gasteiger partial charge is 0.224 e. The number of nitrogens with one attached hydrogen (secondary N) is 1. The lowest BCUT2D eigenvalue weighted by molar-refractivity contribution is -0.134. The first-order chi connectivity index (χ1) is 11.9. The van der Waals surface area contributed by atoms with Crippen LogP contribution in [0.3, 0.4) is 0 Å². The number of nitrogens with zero attached hydrogens (tertiary/aromatic N) is 1. The summed E-state index contributed by atoms with van der Waals surface area (Å²) in [6.45, 7) is 4.92. The van der Waals surface area contributed by atoms with Crippen LogP contribution < -0.4 is 15.8 Å². The zero-order chi connectivity index (χ0) is 18.4. The van der Waals surface area contributed by atoms with Gasteiger partial charge in [0.05, 0.1) is 19.6 Å². The second-order valence-electron chi connectivity index (χ2n) is 6.83. The van der Waals surface area contributed by atoms with Crippen LogP contribution in [0, 0.1) is 5.92 Å². The highest BCUT2D eigenvalue weighted by Crippen LogP contribution is 2.24. The first kappa shape index (κ1) is 19.2. The molecule has 6 heteroatoms. The summed E-state index contributed by atoms with van der Waals surface area (Å²) in [5.41, 5.74) is 6.90. The summed E-state index contributed by atoms with van der Waals surface area (Å²) in [5, 5.41) is 2.89. The molecule has 1 aliphatic heterocycles. The number of hydrogen-bond donors (Lipinski definition) is 2. The molecule has 2 amide bonds. The minimum Gasteiger partial charge on any atom is -0.497 e. The molecule has 138 valence electrons. The van der Waals surface area contributed by atoms with Crippen LogP contribution in [0.15, 0.2) is 24.3 Å². The molecule has 3 atom stereocenters. The van der Waals surface area contributed by atoms with Gasteiger partial charge in [-0.1, -0.05) is 12.1 Å². The van der Waals surface area contributed by atoms with Crippen LogP contribution in [0.2, 0.25) is 0 Å². The van der Waals surface area contributed by atoms with Gasteiger partial charge in [-0.05, 0) is 43.4 Å². The number of methoxy groups -OCH3 is 1. The Morgan fingerprint density at radius 2 is 2.04 bits per heavy atom. The Balaban J connectivity index is 2.07. The average molecular weight is 347 g/mol. The van der Waals surface area contributed by atoms with Crippen LogP contribution in [-0.4, -0.2) is 43.0 Å². The van der Waals surface area contributed by atoms with E-state index < -0.39 is 0 Å². The Labute approximate surface area is 149 Å². The number of rotatable bonds is 6. The van der Waals surface area contributed by atoms with E-state index in [1.54, 1.807) is 7.11 Å². The van der Waals surface area contributed by atoms with Gasteiger partial charge in [0, 0.05) is 26.1 Å². The third-order valence-electron chi connectivity index (χ3n) is 4.83. The van der Waals surface area contributed by atoms with Crippen molar-refractivity contribution >= 4 is 11.8 Å². The number of hydrogen-bond acceptors (Lipinski definition) is 4. The SMILES string of the molecule is COc1ccc([C@H](CC(=O)N2CCC[C@@H]([C@H](C)N)C2)NC(C)=O)cc1. The highest BCUT2D eigenvalue weighted by atomic mass is 16.5. The van der Waals surface area contributed by atoms with Crippen molar-refractivity contribution in [2.45, 2.75) is 45.2 Å². The summed E-state index contributed by atoms with van der Waals surface area (Å²) < 4.78 is 5.17.